The number of nitrogens with two attached hydrogens (primary N) is 1. The minimum Gasteiger partial charge on any atom is -0.398 e. The predicted octanol–water partition coefficient (Wildman–Crippen LogP) is 1.22. The summed E-state index contributed by atoms with van der Waals surface area (Å²) in [5, 5.41) is 3.38. The standard InChI is InChI=1S/C13H21N3O/c1-15-13(10-3-2-6-17-9-10)7-11-8-16-5-4-12(11)14/h4-5,8,10,13,15H,2-3,6-7,9H2,1H3,(H2,14,16). The highest BCUT2D eigenvalue weighted by Gasteiger charge is 2.23. The third kappa shape index (κ3) is 3.17. The lowest BCUT2D eigenvalue weighted by Crippen LogP contribution is -2.40. The molecule has 17 heavy (non-hydrogen) atoms. The number of likely N-dealkylation sites (N-methyl/N-ethyl adjacent to an activating group) is 1. The van der Waals surface area contributed by atoms with Gasteiger partial charge in [0.2, 0.25) is 0 Å². The average molecular weight is 235 g/mol. The third-order valence-corrected chi connectivity index (χ3v) is 3.52. The first-order valence-electron chi connectivity index (χ1n) is 6.24. The zero-order valence-corrected chi connectivity index (χ0v) is 10.4. The van der Waals surface area contributed by atoms with Crippen molar-refractivity contribution in [1.82, 2.24) is 10.3 Å². The van der Waals surface area contributed by atoms with Crippen LogP contribution in [-0.4, -0.2) is 31.3 Å². The fraction of sp³-hybridized carbons (Fsp3) is 0.615. The van der Waals surface area contributed by atoms with Crippen molar-refractivity contribution in [3.63, 3.8) is 0 Å². The molecule has 0 aromatic carbocycles. The lowest BCUT2D eigenvalue weighted by Gasteiger charge is -2.30. The molecule has 2 atom stereocenters. The number of ether oxygens (including phenoxy) is 1. The number of nitrogen functional groups attached to an aromatic ring is 1. The SMILES string of the molecule is CNC(Cc1cnccc1N)C1CCCOC1. The van der Waals surface area contributed by atoms with Crippen molar-refractivity contribution >= 4 is 5.69 Å². The van der Waals surface area contributed by atoms with E-state index in [1.807, 2.05) is 19.3 Å². The van der Waals surface area contributed by atoms with E-state index in [2.05, 4.69) is 10.3 Å². The first-order valence-corrected chi connectivity index (χ1v) is 6.24. The molecule has 0 saturated carbocycles. The molecule has 2 unspecified atom stereocenters. The van der Waals surface area contributed by atoms with Gasteiger partial charge in [0, 0.05) is 30.7 Å². The largest absolute Gasteiger partial charge is 0.398 e. The maximum Gasteiger partial charge on any atom is 0.0509 e. The molecule has 1 saturated heterocycles. The van der Waals surface area contributed by atoms with Gasteiger partial charge in [-0.25, -0.2) is 0 Å². The van der Waals surface area contributed by atoms with Gasteiger partial charge in [0.1, 0.15) is 0 Å². The number of hydrogen-bond donors (Lipinski definition) is 2. The molecule has 3 N–H and O–H groups in total. The van der Waals surface area contributed by atoms with Crippen molar-refractivity contribution in [2.24, 2.45) is 5.92 Å². The molecule has 2 heterocycles. The minimum absolute atomic E-state index is 0.418. The van der Waals surface area contributed by atoms with Gasteiger partial charge in [-0.15, -0.1) is 0 Å². The Morgan fingerprint density at radius 2 is 2.53 bits per heavy atom. The molecule has 4 nitrogen and oxygen atoms in total. The van der Waals surface area contributed by atoms with E-state index < -0.39 is 0 Å². The van der Waals surface area contributed by atoms with Crippen LogP contribution in [0, 0.1) is 5.92 Å². The van der Waals surface area contributed by atoms with Crippen LogP contribution < -0.4 is 11.1 Å². The van der Waals surface area contributed by atoms with Gasteiger partial charge < -0.3 is 15.8 Å². The van der Waals surface area contributed by atoms with Gasteiger partial charge in [-0.2, -0.15) is 0 Å². The maximum absolute atomic E-state index is 5.95. The van der Waals surface area contributed by atoms with E-state index >= 15 is 0 Å². The van der Waals surface area contributed by atoms with Crippen LogP contribution in [0.25, 0.3) is 0 Å². The Morgan fingerprint density at radius 1 is 1.65 bits per heavy atom. The molecular weight excluding hydrogens is 214 g/mol. The second-order valence-corrected chi connectivity index (χ2v) is 4.65. The van der Waals surface area contributed by atoms with Crippen molar-refractivity contribution in [1.29, 1.82) is 0 Å². The zero-order chi connectivity index (χ0) is 12.1. The van der Waals surface area contributed by atoms with E-state index in [-0.39, 0.29) is 0 Å². The number of hydrogen-bond acceptors (Lipinski definition) is 4. The Bertz CT molecular complexity index is 350. The molecule has 0 bridgehead atoms. The van der Waals surface area contributed by atoms with Crippen molar-refractivity contribution in [2.75, 3.05) is 26.0 Å². The van der Waals surface area contributed by atoms with Gasteiger partial charge in [-0.1, -0.05) is 0 Å². The highest BCUT2D eigenvalue weighted by Crippen LogP contribution is 2.21. The first-order chi connectivity index (χ1) is 8.31. The fourth-order valence-electron chi connectivity index (χ4n) is 2.43. The average Bonchev–Trinajstić information content (AvgIpc) is 2.39. The molecule has 1 aromatic rings. The van der Waals surface area contributed by atoms with Crippen molar-refractivity contribution in [2.45, 2.75) is 25.3 Å². The molecule has 0 spiro atoms. The van der Waals surface area contributed by atoms with Gasteiger partial charge in [0.15, 0.2) is 0 Å². The molecule has 1 aliphatic heterocycles. The van der Waals surface area contributed by atoms with Gasteiger partial charge in [0.25, 0.3) is 0 Å². The van der Waals surface area contributed by atoms with E-state index in [1.165, 1.54) is 6.42 Å². The second-order valence-electron chi connectivity index (χ2n) is 4.65. The number of aromatic nitrogens is 1. The van der Waals surface area contributed by atoms with E-state index in [1.54, 1.807) is 6.20 Å². The van der Waals surface area contributed by atoms with E-state index in [4.69, 9.17) is 10.5 Å². The Morgan fingerprint density at radius 3 is 3.18 bits per heavy atom. The molecule has 1 aromatic heterocycles. The fourth-order valence-corrected chi connectivity index (χ4v) is 2.43. The van der Waals surface area contributed by atoms with Gasteiger partial charge in [-0.3, -0.25) is 4.98 Å². The van der Waals surface area contributed by atoms with Crippen molar-refractivity contribution in [3.8, 4) is 0 Å². The summed E-state index contributed by atoms with van der Waals surface area (Å²) < 4.78 is 5.55. The molecular formula is C13H21N3O. The lowest BCUT2D eigenvalue weighted by atomic mass is 9.89. The lowest BCUT2D eigenvalue weighted by molar-refractivity contribution is 0.0405. The molecule has 0 aliphatic carbocycles. The molecule has 2 rings (SSSR count). The summed E-state index contributed by atoms with van der Waals surface area (Å²) in [4.78, 5) is 4.14. The smallest absolute Gasteiger partial charge is 0.0509 e. The number of nitrogens with one attached hydrogen (secondary N) is 1. The summed E-state index contributed by atoms with van der Waals surface area (Å²) in [5.41, 5.74) is 7.91. The van der Waals surface area contributed by atoms with Crippen molar-refractivity contribution < 1.29 is 4.74 Å². The molecule has 1 fully saturated rings. The number of anilines is 1. The molecule has 0 radical (unpaired) electrons. The van der Waals surface area contributed by atoms with Crippen LogP contribution in [0.15, 0.2) is 18.5 Å². The monoisotopic (exact) mass is 235 g/mol. The van der Waals surface area contributed by atoms with Crippen LogP contribution in [0.3, 0.4) is 0 Å². The van der Waals surface area contributed by atoms with Crippen LogP contribution in [-0.2, 0) is 11.2 Å². The Labute approximate surface area is 103 Å². The van der Waals surface area contributed by atoms with Gasteiger partial charge >= 0.3 is 0 Å². The quantitative estimate of drug-likeness (QED) is 0.824. The number of rotatable bonds is 4. The van der Waals surface area contributed by atoms with E-state index in [0.29, 0.717) is 12.0 Å². The van der Waals surface area contributed by atoms with E-state index in [9.17, 15) is 0 Å². The summed E-state index contributed by atoms with van der Waals surface area (Å²) in [7, 11) is 2.01. The Kier molecular flexibility index (Phi) is 4.34. The van der Waals surface area contributed by atoms with Crippen LogP contribution in [0.4, 0.5) is 5.69 Å². The molecule has 4 heteroatoms. The van der Waals surface area contributed by atoms with Gasteiger partial charge in [-0.05, 0) is 43.9 Å². The third-order valence-electron chi connectivity index (χ3n) is 3.52. The highest BCUT2D eigenvalue weighted by molar-refractivity contribution is 5.44. The predicted molar refractivity (Wildman–Crippen MR) is 68.7 cm³/mol. The summed E-state index contributed by atoms with van der Waals surface area (Å²) in [6.07, 6.45) is 6.90. The number of nitrogens with zero attached hydrogens (tertiary/aromatic N) is 1. The van der Waals surface area contributed by atoms with Crippen LogP contribution in [0.1, 0.15) is 18.4 Å². The van der Waals surface area contributed by atoms with Crippen molar-refractivity contribution in [3.05, 3.63) is 24.0 Å². The number of pyridine rings is 1. The summed E-state index contributed by atoms with van der Waals surface area (Å²) >= 11 is 0. The first kappa shape index (κ1) is 12.3. The zero-order valence-electron chi connectivity index (χ0n) is 10.4. The normalized spacial score (nSPS) is 22.3. The minimum atomic E-state index is 0.418. The molecule has 94 valence electrons. The Balaban J connectivity index is 2.01. The van der Waals surface area contributed by atoms with Crippen LogP contribution >= 0.6 is 0 Å². The second kappa shape index (κ2) is 5.98. The summed E-state index contributed by atoms with van der Waals surface area (Å²) in [6, 6.07) is 2.28. The topological polar surface area (TPSA) is 60.2 Å². The molecule has 0 amide bonds. The van der Waals surface area contributed by atoms with Gasteiger partial charge in [0.05, 0.1) is 6.61 Å². The maximum atomic E-state index is 5.95. The van der Waals surface area contributed by atoms with E-state index in [0.717, 1.165) is 37.3 Å². The summed E-state index contributed by atoms with van der Waals surface area (Å²) in [6.45, 7) is 1.76. The highest BCUT2D eigenvalue weighted by atomic mass is 16.5. The molecule has 1 aliphatic rings. The Hall–Kier alpha value is -1.13. The van der Waals surface area contributed by atoms with Crippen LogP contribution in [0.5, 0.6) is 0 Å². The van der Waals surface area contributed by atoms with Crippen LogP contribution in [0.2, 0.25) is 0 Å². The summed E-state index contributed by atoms with van der Waals surface area (Å²) in [5.74, 6) is 0.577.